The monoisotopic (exact) mass is 320 g/mol. The molecular weight excluding hydrogens is 305 g/mol. The largest absolute Gasteiger partial charge is 0.323 e. The lowest BCUT2D eigenvalue weighted by Gasteiger charge is -2.46. The summed E-state index contributed by atoms with van der Waals surface area (Å²) < 4.78 is 39.8. The molecule has 2 aromatic carbocycles. The number of anilines is 1. The van der Waals surface area contributed by atoms with Gasteiger partial charge in [0.25, 0.3) is 6.43 Å². The third-order valence-corrected chi connectivity index (χ3v) is 4.19. The normalized spacial score (nSPS) is 20.4. The van der Waals surface area contributed by atoms with Crippen LogP contribution in [0.3, 0.4) is 0 Å². The van der Waals surface area contributed by atoms with E-state index in [-0.39, 0.29) is 0 Å². The van der Waals surface area contributed by atoms with Crippen LogP contribution in [0.4, 0.5) is 23.7 Å². The number of rotatable bonds is 3. The second-order valence-corrected chi connectivity index (χ2v) is 5.56. The number of urea groups is 1. The molecule has 0 bridgehead atoms. The number of nitrogens with zero attached hydrogens (tertiary/aromatic N) is 1. The van der Waals surface area contributed by atoms with Crippen molar-refractivity contribution < 1.29 is 18.0 Å². The first kappa shape index (κ1) is 15.4. The average Bonchev–Trinajstić information content (AvgIpc) is 2.53. The third kappa shape index (κ3) is 2.54. The zero-order valence-corrected chi connectivity index (χ0v) is 12.4. The maximum absolute atomic E-state index is 13.8. The zero-order chi connectivity index (χ0) is 16.6. The molecule has 120 valence electrons. The van der Waals surface area contributed by atoms with E-state index in [1.54, 1.807) is 37.3 Å². The molecule has 2 amide bonds. The second kappa shape index (κ2) is 5.61. The highest BCUT2D eigenvalue weighted by molar-refractivity contribution is 5.94. The van der Waals surface area contributed by atoms with Crippen molar-refractivity contribution in [2.75, 3.05) is 11.9 Å². The average molecular weight is 320 g/mol. The summed E-state index contributed by atoms with van der Waals surface area (Å²) in [6.45, 7) is 0.912. The van der Waals surface area contributed by atoms with E-state index >= 15 is 0 Å². The van der Waals surface area contributed by atoms with Crippen LogP contribution >= 0.6 is 0 Å². The molecule has 1 N–H and O–H groups in total. The predicted molar refractivity (Wildman–Crippen MR) is 81.0 cm³/mol. The van der Waals surface area contributed by atoms with Crippen molar-refractivity contribution in [3.8, 4) is 0 Å². The Hall–Kier alpha value is -2.50. The molecule has 1 atom stereocenters. The fourth-order valence-corrected chi connectivity index (χ4v) is 3.04. The molecule has 3 rings (SSSR count). The van der Waals surface area contributed by atoms with Crippen LogP contribution in [0.2, 0.25) is 0 Å². The van der Waals surface area contributed by atoms with Gasteiger partial charge in [-0.15, -0.1) is 0 Å². The molecule has 1 aliphatic heterocycles. The Morgan fingerprint density at radius 3 is 2.52 bits per heavy atom. The predicted octanol–water partition coefficient (Wildman–Crippen LogP) is 4.20. The van der Waals surface area contributed by atoms with E-state index in [1.807, 2.05) is 0 Å². The van der Waals surface area contributed by atoms with E-state index in [4.69, 9.17) is 0 Å². The number of hydrogen-bond acceptors (Lipinski definition) is 1. The molecule has 0 saturated carbocycles. The van der Waals surface area contributed by atoms with Crippen molar-refractivity contribution >= 4 is 11.7 Å². The van der Waals surface area contributed by atoms with Gasteiger partial charge in [0.05, 0.1) is 12.1 Å². The van der Waals surface area contributed by atoms with E-state index in [9.17, 15) is 18.0 Å². The number of alkyl halides is 2. The van der Waals surface area contributed by atoms with Crippen molar-refractivity contribution in [3.05, 3.63) is 65.5 Å². The molecule has 1 unspecified atom stereocenters. The summed E-state index contributed by atoms with van der Waals surface area (Å²) in [5, 5.41) is 2.55. The van der Waals surface area contributed by atoms with Crippen LogP contribution in [0.15, 0.2) is 48.5 Å². The highest BCUT2D eigenvalue weighted by Gasteiger charge is 2.45. The molecule has 23 heavy (non-hydrogen) atoms. The Kier molecular flexibility index (Phi) is 3.75. The van der Waals surface area contributed by atoms with Gasteiger partial charge in [0.15, 0.2) is 0 Å². The van der Waals surface area contributed by atoms with Crippen LogP contribution in [0.25, 0.3) is 0 Å². The lowest BCUT2D eigenvalue weighted by Crippen LogP contribution is -2.55. The number of carbonyl (C=O) groups is 1. The summed E-state index contributed by atoms with van der Waals surface area (Å²) in [5.41, 5.74) is 0.330. The van der Waals surface area contributed by atoms with Crippen molar-refractivity contribution in [1.29, 1.82) is 0 Å². The van der Waals surface area contributed by atoms with Gasteiger partial charge in [-0.2, -0.15) is 0 Å². The van der Waals surface area contributed by atoms with Crippen LogP contribution < -0.4 is 5.32 Å². The summed E-state index contributed by atoms with van der Waals surface area (Å²) >= 11 is 0. The SMILES string of the molecule is CC1(c2ccccc2)c2cc(F)ccc2NC(=O)N1CC(F)F. The van der Waals surface area contributed by atoms with Crippen molar-refractivity contribution in [2.24, 2.45) is 0 Å². The molecule has 0 spiro atoms. The minimum Gasteiger partial charge on any atom is -0.307 e. The number of halogens is 3. The Bertz CT molecular complexity index is 736. The molecule has 1 aliphatic rings. The van der Waals surface area contributed by atoms with Crippen molar-refractivity contribution in [1.82, 2.24) is 4.90 Å². The van der Waals surface area contributed by atoms with Gasteiger partial charge in [0.1, 0.15) is 5.82 Å². The number of fused-ring (bicyclic) bond motifs is 1. The van der Waals surface area contributed by atoms with Gasteiger partial charge in [-0.05, 0) is 30.7 Å². The molecular formula is C17H15F3N2O. The Labute approximate surface area is 131 Å². The summed E-state index contributed by atoms with van der Waals surface area (Å²) in [6, 6.07) is 12.1. The van der Waals surface area contributed by atoms with Crippen LogP contribution in [0.1, 0.15) is 18.1 Å². The van der Waals surface area contributed by atoms with E-state index < -0.39 is 30.4 Å². The van der Waals surface area contributed by atoms with Gasteiger partial charge < -0.3 is 10.2 Å². The standard InChI is InChI=1S/C17H15F3N2O/c1-17(11-5-3-2-4-6-11)13-9-12(18)7-8-14(13)21-16(23)22(17)10-15(19)20/h2-9,15H,10H2,1H3,(H,21,23). The van der Waals surface area contributed by atoms with Gasteiger partial charge in [-0.1, -0.05) is 30.3 Å². The molecule has 0 saturated heterocycles. The van der Waals surface area contributed by atoms with E-state index in [0.29, 0.717) is 16.8 Å². The van der Waals surface area contributed by atoms with Gasteiger partial charge in [0, 0.05) is 11.3 Å². The first-order valence-electron chi connectivity index (χ1n) is 7.15. The Morgan fingerprint density at radius 2 is 1.87 bits per heavy atom. The Balaban J connectivity index is 2.24. The lowest BCUT2D eigenvalue weighted by molar-refractivity contribution is 0.0650. The molecule has 0 aliphatic carbocycles. The summed E-state index contributed by atoms with van der Waals surface area (Å²) in [6.07, 6.45) is -2.70. The number of amides is 2. The lowest BCUT2D eigenvalue weighted by atomic mass is 9.80. The molecule has 2 aromatic rings. The highest BCUT2D eigenvalue weighted by Crippen LogP contribution is 2.43. The number of carbonyl (C=O) groups excluding carboxylic acids is 1. The minimum atomic E-state index is -2.70. The van der Waals surface area contributed by atoms with Gasteiger partial charge in [-0.3, -0.25) is 0 Å². The molecule has 3 nitrogen and oxygen atoms in total. The second-order valence-electron chi connectivity index (χ2n) is 5.56. The minimum absolute atomic E-state index is 0.424. The molecule has 0 aromatic heterocycles. The smallest absolute Gasteiger partial charge is 0.307 e. The Morgan fingerprint density at radius 1 is 1.17 bits per heavy atom. The number of benzene rings is 2. The van der Waals surface area contributed by atoms with Gasteiger partial charge >= 0.3 is 6.03 Å². The molecule has 0 radical (unpaired) electrons. The van der Waals surface area contributed by atoms with Crippen LogP contribution in [0, 0.1) is 5.82 Å². The maximum atomic E-state index is 13.8. The molecule has 6 heteroatoms. The fraction of sp³-hybridized carbons (Fsp3) is 0.235. The first-order chi connectivity index (χ1) is 10.9. The topological polar surface area (TPSA) is 32.3 Å². The number of nitrogens with one attached hydrogen (secondary N) is 1. The van der Waals surface area contributed by atoms with E-state index in [2.05, 4.69) is 5.32 Å². The molecule has 0 fully saturated rings. The summed E-state index contributed by atoms with van der Waals surface area (Å²) in [5.74, 6) is -0.487. The quantitative estimate of drug-likeness (QED) is 0.903. The van der Waals surface area contributed by atoms with Crippen molar-refractivity contribution in [3.63, 3.8) is 0 Å². The van der Waals surface area contributed by atoms with Gasteiger partial charge in [0.2, 0.25) is 0 Å². The fourth-order valence-electron chi connectivity index (χ4n) is 3.04. The van der Waals surface area contributed by atoms with Crippen molar-refractivity contribution in [2.45, 2.75) is 18.9 Å². The molecule has 1 heterocycles. The summed E-state index contributed by atoms with van der Waals surface area (Å²) in [4.78, 5) is 13.4. The number of hydrogen-bond donors (Lipinski definition) is 1. The third-order valence-electron chi connectivity index (χ3n) is 4.19. The first-order valence-corrected chi connectivity index (χ1v) is 7.15. The van der Waals surface area contributed by atoms with Gasteiger partial charge in [-0.25, -0.2) is 18.0 Å². The van der Waals surface area contributed by atoms with Crippen LogP contribution in [-0.2, 0) is 5.54 Å². The maximum Gasteiger partial charge on any atom is 0.323 e. The van der Waals surface area contributed by atoms with E-state index in [0.717, 1.165) is 4.90 Å². The summed E-state index contributed by atoms with van der Waals surface area (Å²) in [7, 11) is 0. The highest BCUT2D eigenvalue weighted by atomic mass is 19.3. The van der Waals surface area contributed by atoms with Crippen LogP contribution in [-0.4, -0.2) is 23.9 Å². The van der Waals surface area contributed by atoms with E-state index in [1.165, 1.54) is 18.2 Å². The zero-order valence-electron chi connectivity index (χ0n) is 12.4. The van der Waals surface area contributed by atoms with Crippen LogP contribution in [0.5, 0.6) is 0 Å².